The first-order valence-electron chi connectivity index (χ1n) is 6.48. The minimum Gasteiger partial charge on any atom is -0.389 e. The first-order chi connectivity index (χ1) is 9.61. The summed E-state index contributed by atoms with van der Waals surface area (Å²) < 4.78 is 0. The van der Waals surface area contributed by atoms with Crippen molar-refractivity contribution in [1.29, 1.82) is 0 Å². The molecule has 0 saturated carbocycles. The van der Waals surface area contributed by atoms with E-state index >= 15 is 0 Å². The molecule has 2 aromatic carbocycles. The van der Waals surface area contributed by atoms with Gasteiger partial charge in [-0.15, -0.1) is 0 Å². The number of aliphatic hydroxyl groups excluding tert-OH is 2. The van der Waals surface area contributed by atoms with E-state index in [4.69, 9.17) is 11.6 Å². The Hall–Kier alpha value is -1.39. The number of halogens is 1. The summed E-state index contributed by atoms with van der Waals surface area (Å²) in [7, 11) is 1.74. The third-order valence-corrected chi connectivity index (χ3v) is 3.44. The zero-order chi connectivity index (χ0) is 14.5. The zero-order valence-electron chi connectivity index (χ0n) is 11.3. The Morgan fingerprint density at radius 1 is 1.05 bits per heavy atom. The highest BCUT2D eigenvalue weighted by molar-refractivity contribution is 6.30. The molecule has 3 N–H and O–H groups in total. The van der Waals surface area contributed by atoms with Crippen molar-refractivity contribution in [3.63, 3.8) is 0 Å². The molecule has 0 aliphatic heterocycles. The molecule has 2 atom stereocenters. The van der Waals surface area contributed by atoms with Crippen LogP contribution in [0.5, 0.6) is 0 Å². The van der Waals surface area contributed by atoms with Crippen molar-refractivity contribution in [1.82, 2.24) is 5.32 Å². The van der Waals surface area contributed by atoms with Crippen molar-refractivity contribution in [2.24, 2.45) is 0 Å². The molecule has 0 radical (unpaired) electrons. The summed E-state index contributed by atoms with van der Waals surface area (Å²) in [6.07, 6.45) is -1.74. The van der Waals surface area contributed by atoms with Crippen LogP contribution in [0.3, 0.4) is 0 Å². The fraction of sp³-hybridized carbons (Fsp3) is 0.250. The number of nitrogens with one attached hydrogen (secondary N) is 1. The molecule has 0 spiro atoms. The number of benzene rings is 2. The van der Waals surface area contributed by atoms with Gasteiger partial charge in [0.05, 0.1) is 6.10 Å². The van der Waals surface area contributed by atoms with Crippen molar-refractivity contribution in [2.45, 2.75) is 12.2 Å². The lowest BCUT2D eigenvalue weighted by molar-refractivity contribution is 0.0202. The second-order valence-electron chi connectivity index (χ2n) is 4.70. The number of aliphatic hydroxyl groups is 2. The molecule has 2 aromatic rings. The van der Waals surface area contributed by atoms with E-state index in [1.807, 2.05) is 48.5 Å². The van der Waals surface area contributed by atoms with Gasteiger partial charge in [0, 0.05) is 11.6 Å². The van der Waals surface area contributed by atoms with Gasteiger partial charge in [0.2, 0.25) is 0 Å². The molecule has 0 heterocycles. The number of hydrogen-bond donors (Lipinski definition) is 3. The van der Waals surface area contributed by atoms with Crippen LogP contribution < -0.4 is 5.32 Å². The summed E-state index contributed by atoms with van der Waals surface area (Å²) in [4.78, 5) is 0. The van der Waals surface area contributed by atoms with E-state index in [-0.39, 0.29) is 0 Å². The Labute approximate surface area is 123 Å². The molecule has 0 saturated heterocycles. The van der Waals surface area contributed by atoms with Crippen LogP contribution in [0.2, 0.25) is 5.02 Å². The topological polar surface area (TPSA) is 52.5 Å². The molecule has 106 valence electrons. The van der Waals surface area contributed by atoms with Crippen LogP contribution in [0, 0.1) is 0 Å². The molecule has 20 heavy (non-hydrogen) atoms. The van der Waals surface area contributed by atoms with Gasteiger partial charge in [-0.05, 0) is 41.9 Å². The van der Waals surface area contributed by atoms with E-state index in [0.29, 0.717) is 17.1 Å². The zero-order valence-corrected chi connectivity index (χ0v) is 12.0. The molecule has 0 bridgehead atoms. The van der Waals surface area contributed by atoms with Crippen LogP contribution in [0.4, 0.5) is 0 Å². The number of likely N-dealkylation sites (N-methyl/N-ethyl adjacent to an activating group) is 1. The predicted octanol–water partition coefficient (Wildman–Crippen LogP) is 2.62. The highest BCUT2D eigenvalue weighted by Crippen LogP contribution is 2.25. The van der Waals surface area contributed by atoms with Crippen molar-refractivity contribution >= 4 is 11.6 Å². The molecule has 0 aliphatic carbocycles. The minimum absolute atomic E-state index is 0.340. The molecule has 0 amide bonds. The van der Waals surface area contributed by atoms with E-state index < -0.39 is 12.2 Å². The molecule has 2 unspecified atom stereocenters. The van der Waals surface area contributed by atoms with Crippen LogP contribution in [0.15, 0.2) is 48.5 Å². The Balaban J connectivity index is 2.25. The predicted molar refractivity (Wildman–Crippen MR) is 81.8 cm³/mol. The highest BCUT2D eigenvalue weighted by atomic mass is 35.5. The van der Waals surface area contributed by atoms with Gasteiger partial charge in [-0.3, -0.25) is 0 Å². The maximum Gasteiger partial charge on any atom is 0.106 e. The summed E-state index contributed by atoms with van der Waals surface area (Å²) in [5.74, 6) is 0. The van der Waals surface area contributed by atoms with E-state index in [1.54, 1.807) is 7.05 Å². The maximum absolute atomic E-state index is 10.1. The van der Waals surface area contributed by atoms with Crippen LogP contribution in [-0.2, 0) is 0 Å². The average molecular weight is 292 g/mol. The molecule has 2 rings (SSSR count). The van der Waals surface area contributed by atoms with Gasteiger partial charge in [0.25, 0.3) is 0 Å². The first-order valence-corrected chi connectivity index (χ1v) is 6.86. The summed E-state index contributed by atoms with van der Waals surface area (Å²) in [5, 5.41) is 23.5. The molecule has 0 aromatic heterocycles. The van der Waals surface area contributed by atoms with Gasteiger partial charge in [-0.25, -0.2) is 0 Å². The Kier molecular flexibility index (Phi) is 5.15. The van der Waals surface area contributed by atoms with Crippen molar-refractivity contribution < 1.29 is 10.2 Å². The Morgan fingerprint density at radius 3 is 2.40 bits per heavy atom. The summed E-state index contributed by atoms with van der Waals surface area (Å²) >= 11 is 5.88. The van der Waals surface area contributed by atoms with Crippen molar-refractivity contribution in [2.75, 3.05) is 13.6 Å². The summed E-state index contributed by atoms with van der Waals surface area (Å²) in [5.41, 5.74) is 2.70. The molecular formula is C16H18ClNO2. The highest BCUT2D eigenvalue weighted by Gasteiger charge is 2.17. The SMILES string of the molecule is CNCC(O)C(O)c1cccc(-c2ccc(Cl)cc2)c1. The monoisotopic (exact) mass is 291 g/mol. The van der Waals surface area contributed by atoms with Crippen LogP contribution >= 0.6 is 11.6 Å². The fourth-order valence-corrected chi connectivity index (χ4v) is 2.21. The van der Waals surface area contributed by atoms with Gasteiger partial charge in [0.15, 0.2) is 0 Å². The Morgan fingerprint density at radius 2 is 1.75 bits per heavy atom. The second-order valence-corrected chi connectivity index (χ2v) is 5.14. The normalized spacial score (nSPS) is 14.0. The summed E-state index contributed by atoms with van der Waals surface area (Å²) in [6, 6.07) is 15.0. The molecule has 3 nitrogen and oxygen atoms in total. The lowest BCUT2D eigenvalue weighted by Crippen LogP contribution is -2.29. The van der Waals surface area contributed by atoms with E-state index in [9.17, 15) is 10.2 Å². The Bertz CT molecular complexity index is 557. The molecule has 4 heteroatoms. The average Bonchev–Trinajstić information content (AvgIpc) is 2.47. The summed E-state index contributed by atoms with van der Waals surface area (Å²) in [6.45, 7) is 0.340. The fourth-order valence-electron chi connectivity index (χ4n) is 2.09. The third kappa shape index (κ3) is 3.58. The van der Waals surface area contributed by atoms with E-state index in [0.717, 1.165) is 11.1 Å². The molecule has 0 fully saturated rings. The first kappa shape index (κ1) is 15.0. The maximum atomic E-state index is 10.1. The van der Waals surface area contributed by atoms with Crippen LogP contribution in [0.25, 0.3) is 11.1 Å². The van der Waals surface area contributed by atoms with Crippen LogP contribution in [-0.4, -0.2) is 29.9 Å². The minimum atomic E-state index is -0.908. The lowest BCUT2D eigenvalue weighted by Gasteiger charge is -2.18. The number of rotatable bonds is 5. The van der Waals surface area contributed by atoms with E-state index in [2.05, 4.69) is 5.32 Å². The second kappa shape index (κ2) is 6.86. The standard InChI is InChI=1S/C16H18ClNO2/c1-18-10-15(19)16(20)13-4-2-3-12(9-13)11-5-7-14(17)8-6-11/h2-9,15-16,18-20H,10H2,1H3. The van der Waals surface area contributed by atoms with Gasteiger partial charge in [-0.2, -0.15) is 0 Å². The molecule has 0 aliphatic rings. The van der Waals surface area contributed by atoms with Crippen LogP contribution in [0.1, 0.15) is 11.7 Å². The van der Waals surface area contributed by atoms with Gasteiger partial charge >= 0.3 is 0 Å². The lowest BCUT2D eigenvalue weighted by atomic mass is 9.98. The van der Waals surface area contributed by atoms with E-state index in [1.165, 1.54) is 0 Å². The third-order valence-electron chi connectivity index (χ3n) is 3.18. The smallest absolute Gasteiger partial charge is 0.106 e. The largest absolute Gasteiger partial charge is 0.389 e. The molecular weight excluding hydrogens is 274 g/mol. The van der Waals surface area contributed by atoms with Crippen molar-refractivity contribution in [3.8, 4) is 11.1 Å². The van der Waals surface area contributed by atoms with Gasteiger partial charge in [0.1, 0.15) is 6.10 Å². The quantitative estimate of drug-likeness (QED) is 0.794. The van der Waals surface area contributed by atoms with Gasteiger partial charge in [-0.1, -0.05) is 41.9 Å². The van der Waals surface area contributed by atoms with Gasteiger partial charge < -0.3 is 15.5 Å². The van der Waals surface area contributed by atoms with Crippen molar-refractivity contribution in [3.05, 3.63) is 59.1 Å². The number of hydrogen-bond acceptors (Lipinski definition) is 3.